The van der Waals surface area contributed by atoms with Crippen molar-refractivity contribution in [3.8, 4) is 0 Å². The van der Waals surface area contributed by atoms with Gasteiger partial charge >= 0.3 is 0 Å². The molecule has 1 aliphatic rings. The van der Waals surface area contributed by atoms with Crippen molar-refractivity contribution in [1.82, 2.24) is 15.1 Å². The number of aromatic nitrogens is 2. The Kier molecular flexibility index (Phi) is 4.35. The van der Waals surface area contributed by atoms with Crippen molar-refractivity contribution in [3.63, 3.8) is 0 Å². The van der Waals surface area contributed by atoms with Crippen LogP contribution in [0.2, 0.25) is 0 Å². The number of nitrogens with one attached hydrogen (secondary N) is 1. The molecule has 0 aliphatic carbocycles. The van der Waals surface area contributed by atoms with Gasteiger partial charge < -0.3 is 10.6 Å². The molecule has 0 aromatic carbocycles. The van der Waals surface area contributed by atoms with Gasteiger partial charge in [0.05, 0.1) is 11.4 Å². The van der Waals surface area contributed by atoms with Gasteiger partial charge in [-0.3, -0.25) is 9.89 Å². The molecule has 0 unspecified atom stereocenters. The molecule has 2 rings (SSSR count). The standard InChI is InChI=1S/C15H26N4O/c1-4-7-11-12(16)13(18-17-11)14(20)19-9-8-15(5-2,6-3)10-19/h4-10,16H2,1-3H3,(H,17,18). The number of nitrogens with two attached hydrogens (primary N) is 1. The molecule has 1 saturated heterocycles. The minimum Gasteiger partial charge on any atom is -0.395 e. The van der Waals surface area contributed by atoms with Gasteiger partial charge in [0.15, 0.2) is 5.69 Å². The van der Waals surface area contributed by atoms with Gasteiger partial charge in [0.25, 0.3) is 5.91 Å². The first-order valence-electron chi connectivity index (χ1n) is 7.69. The number of rotatable bonds is 5. The van der Waals surface area contributed by atoms with Crippen molar-refractivity contribution in [3.05, 3.63) is 11.4 Å². The lowest BCUT2D eigenvalue weighted by atomic mass is 9.82. The highest BCUT2D eigenvalue weighted by Gasteiger charge is 2.38. The maximum atomic E-state index is 12.6. The fraction of sp³-hybridized carbons (Fsp3) is 0.733. The van der Waals surface area contributed by atoms with E-state index in [0.717, 1.165) is 50.9 Å². The first kappa shape index (κ1) is 14.9. The molecule has 3 N–H and O–H groups in total. The van der Waals surface area contributed by atoms with Crippen LogP contribution < -0.4 is 5.73 Å². The lowest BCUT2D eigenvalue weighted by Crippen LogP contribution is -2.32. The van der Waals surface area contributed by atoms with Crippen LogP contribution in [0.25, 0.3) is 0 Å². The normalized spacial score (nSPS) is 17.6. The molecule has 1 fully saturated rings. The average molecular weight is 278 g/mol. The summed E-state index contributed by atoms with van der Waals surface area (Å²) in [4.78, 5) is 14.5. The van der Waals surface area contributed by atoms with Crippen LogP contribution in [0.4, 0.5) is 5.69 Å². The molecule has 1 amide bonds. The minimum absolute atomic E-state index is 0.0233. The van der Waals surface area contributed by atoms with Crippen LogP contribution in [0.3, 0.4) is 0 Å². The fourth-order valence-corrected chi connectivity index (χ4v) is 3.08. The number of carbonyl (C=O) groups excluding carboxylic acids is 1. The Balaban J connectivity index is 2.13. The van der Waals surface area contributed by atoms with Crippen LogP contribution in [0, 0.1) is 5.41 Å². The predicted octanol–water partition coefficient (Wildman–Crippen LogP) is 2.60. The highest BCUT2D eigenvalue weighted by molar-refractivity contribution is 5.97. The summed E-state index contributed by atoms with van der Waals surface area (Å²) in [5.74, 6) is -0.0233. The number of hydrogen-bond acceptors (Lipinski definition) is 3. The van der Waals surface area contributed by atoms with Gasteiger partial charge in [0.1, 0.15) is 0 Å². The molecule has 1 aromatic heterocycles. The van der Waals surface area contributed by atoms with E-state index in [2.05, 4.69) is 31.0 Å². The zero-order valence-corrected chi connectivity index (χ0v) is 12.8. The number of aryl methyl sites for hydroxylation is 1. The summed E-state index contributed by atoms with van der Waals surface area (Å²) in [7, 11) is 0. The highest BCUT2D eigenvalue weighted by atomic mass is 16.2. The quantitative estimate of drug-likeness (QED) is 0.869. The number of H-pyrrole nitrogens is 1. The summed E-state index contributed by atoms with van der Waals surface area (Å²) in [6, 6.07) is 0. The van der Waals surface area contributed by atoms with E-state index in [4.69, 9.17) is 5.73 Å². The van der Waals surface area contributed by atoms with E-state index in [0.29, 0.717) is 11.4 Å². The van der Waals surface area contributed by atoms with Crippen LogP contribution in [0.1, 0.15) is 62.6 Å². The zero-order chi connectivity index (χ0) is 14.8. The van der Waals surface area contributed by atoms with E-state index in [1.807, 2.05) is 4.90 Å². The van der Waals surface area contributed by atoms with Crippen molar-refractivity contribution in [2.24, 2.45) is 5.41 Å². The molecule has 112 valence electrons. The van der Waals surface area contributed by atoms with Crippen LogP contribution in [0.5, 0.6) is 0 Å². The second-order valence-electron chi connectivity index (χ2n) is 5.90. The number of likely N-dealkylation sites (tertiary alicyclic amines) is 1. The maximum Gasteiger partial charge on any atom is 0.276 e. The number of aromatic amines is 1. The summed E-state index contributed by atoms with van der Waals surface area (Å²) < 4.78 is 0. The molecular formula is C15H26N4O. The summed E-state index contributed by atoms with van der Waals surface area (Å²) >= 11 is 0. The Hall–Kier alpha value is -1.52. The number of nitrogen functional groups attached to an aromatic ring is 1. The van der Waals surface area contributed by atoms with Crippen molar-refractivity contribution in [2.45, 2.75) is 52.9 Å². The minimum atomic E-state index is -0.0233. The smallest absolute Gasteiger partial charge is 0.276 e. The lowest BCUT2D eigenvalue weighted by molar-refractivity contribution is 0.0765. The first-order valence-corrected chi connectivity index (χ1v) is 7.69. The Morgan fingerprint density at radius 2 is 2.10 bits per heavy atom. The molecule has 20 heavy (non-hydrogen) atoms. The first-order chi connectivity index (χ1) is 9.56. The number of nitrogens with zero attached hydrogens (tertiary/aromatic N) is 2. The summed E-state index contributed by atoms with van der Waals surface area (Å²) in [6.07, 6.45) is 5.13. The molecule has 2 heterocycles. The lowest BCUT2D eigenvalue weighted by Gasteiger charge is -2.26. The maximum absolute atomic E-state index is 12.6. The Morgan fingerprint density at radius 1 is 1.40 bits per heavy atom. The van der Waals surface area contributed by atoms with Crippen LogP contribution in [-0.2, 0) is 6.42 Å². The number of hydrogen-bond donors (Lipinski definition) is 2. The molecule has 0 saturated carbocycles. The second-order valence-corrected chi connectivity index (χ2v) is 5.90. The SMILES string of the molecule is CCCc1[nH]nc(C(=O)N2CCC(CC)(CC)C2)c1N. The summed E-state index contributed by atoms with van der Waals surface area (Å²) in [6.45, 7) is 8.14. The van der Waals surface area contributed by atoms with Gasteiger partial charge in [-0.05, 0) is 31.1 Å². The molecule has 0 bridgehead atoms. The topological polar surface area (TPSA) is 75.0 Å². The van der Waals surface area contributed by atoms with Crippen LogP contribution in [0.15, 0.2) is 0 Å². The summed E-state index contributed by atoms with van der Waals surface area (Å²) in [5.41, 5.74) is 8.15. The van der Waals surface area contributed by atoms with Gasteiger partial charge in [-0.1, -0.05) is 27.2 Å². The van der Waals surface area contributed by atoms with Gasteiger partial charge in [0.2, 0.25) is 0 Å². The molecule has 5 nitrogen and oxygen atoms in total. The van der Waals surface area contributed by atoms with E-state index in [1.165, 1.54) is 0 Å². The molecule has 5 heteroatoms. The van der Waals surface area contributed by atoms with E-state index in [-0.39, 0.29) is 11.3 Å². The monoisotopic (exact) mass is 278 g/mol. The van der Waals surface area contributed by atoms with Gasteiger partial charge in [-0.15, -0.1) is 0 Å². The third kappa shape index (κ3) is 2.53. The second kappa shape index (κ2) is 5.85. The van der Waals surface area contributed by atoms with E-state index in [1.54, 1.807) is 0 Å². The average Bonchev–Trinajstić information content (AvgIpc) is 3.05. The Bertz CT molecular complexity index is 476. The van der Waals surface area contributed by atoms with Gasteiger partial charge in [0, 0.05) is 13.1 Å². The molecular weight excluding hydrogens is 252 g/mol. The van der Waals surface area contributed by atoms with Crippen LogP contribution >= 0.6 is 0 Å². The molecule has 0 spiro atoms. The third-order valence-corrected chi connectivity index (χ3v) is 4.81. The van der Waals surface area contributed by atoms with Crippen molar-refractivity contribution < 1.29 is 4.79 Å². The van der Waals surface area contributed by atoms with Crippen molar-refractivity contribution in [1.29, 1.82) is 0 Å². The fourth-order valence-electron chi connectivity index (χ4n) is 3.08. The number of anilines is 1. The predicted molar refractivity (Wildman–Crippen MR) is 80.5 cm³/mol. The largest absolute Gasteiger partial charge is 0.395 e. The van der Waals surface area contributed by atoms with Gasteiger partial charge in [-0.25, -0.2) is 0 Å². The third-order valence-electron chi connectivity index (χ3n) is 4.81. The number of carbonyl (C=O) groups is 1. The van der Waals surface area contributed by atoms with Crippen molar-refractivity contribution in [2.75, 3.05) is 18.8 Å². The molecule has 1 aromatic rings. The highest BCUT2D eigenvalue weighted by Crippen LogP contribution is 2.37. The molecule has 1 aliphatic heterocycles. The van der Waals surface area contributed by atoms with E-state index >= 15 is 0 Å². The van der Waals surface area contributed by atoms with E-state index in [9.17, 15) is 4.79 Å². The molecule has 0 atom stereocenters. The Morgan fingerprint density at radius 3 is 2.65 bits per heavy atom. The zero-order valence-electron chi connectivity index (χ0n) is 12.8. The van der Waals surface area contributed by atoms with Crippen LogP contribution in [-0.4, -0.2) is 34.1 Å². The number of amides is 1. The van der Waals surface area contributed by atoms with E-state index < -0.39 is 0 Å². The molecule has 0 radical (unpaired) electrons. The summed E-state index contributed by atoms with van der Waals surface area (Å²) in [5, 5.41) is 7.04. The Labute approximate surface area is 120 Å². The van der Waals surface area contributed by atoms with Crippen molar-refractivity contribution >= 4 is 11.6 Å². The van der Waals surface area contributed by atoms with Gasteiger partial charge in [-0.2, -0.15) is 5.10 Å².